The molecule has 1 rings (SSSR count). The molecule has 13 nitrogen and oxygen atoms in total. The predicted molar refractivity (Wildman–Crippen MR) is 113 cm³/mol. The lowest BCUT2D eigenvalue weighted by molar-refractivity contribution is -0.147. The minimum absolute atomic E-state index is 0.163. The Morgan fingerprint density at radius 1 is 1.00 bits per heavy atom. The molecule has 1 aliphatic heterocycles. The van der Waals surface area contributed by atoms with E-state index in [2.05, 4.69) is 5.32 Å². The molecule has 4 unspecified atom stereocenters. The number of nitrogens with two attached hydrogens (primary N) is 1. The van der Waals surface area contributed by atoms with Crippen LogP contribution in [0.4, 0.5) is 0 Å². The maximum Gasteiger partial charge on any atom is 0.326 e. The van der Waals surface area contributed by atoms with Crippen molar-refractivity contribution in [1.29, 1.82) is 0 Å². The summed E-state index contributed by atoms with van der Waals surface area (Å²) in [5.74, 6) is -6.29. The summed E-state index contributed by atoms with van der Waals surface area (Å²) >= 11 is 0. The normalized spacial score (nSPS) is 18.3. The van der Waals surface area contributed by atoms with Gasteiger partial charge in [-0.15, -0.1) is 0 Å². The van der Waals surface area contributed by atoms with Crippen LogP contribution >= 0.6 is 0 Å². The summed E-state index contributed by atoms with van der Waals surface area (Å²) in [5, 5.41) is 31.3. The van der Waals surface area contributed by atoms with Gasteiger partial charge < -0.3 is 36.6 Å². The van der Waals surface area contributed by atoms with Crippen molar-refractivity contribution in [3.05, 3.63) is 0 Å². The van der Waals surface area contributed by atoms with Gasteiger partial charge in [-0.25, -0.2) is 4.79 Å². The molecule has 1 fully saturated rings. The molecule has 33 heavy (non-hydrogen) atoms. The number of carbonyl (C=O) groups is 6. The van der Waals surface area contributed by atoms with Crippen LogP contribution in [-0.2, 0) is 28.8 Å². The van der Waals surface area contributed by atoms with Crippen LogP contribution in [0.5, 0.6) is 0 Å². The number of likely N-dealkylation sites (tertiary alicyclic amines) is 1. The summed E-state index contributed by atoms with van der Waals surface area (Å²) in [4.78, 5) is 72.5. The zero-order chi connectivity index (χ0) is 25.3. The maximum absolute atomic E-state index is 12.9. The molecule has 0 aromatic carbocycles. The van der Waals surface area contributed by atoms with E-state index in [1.165, 1.54) is 4.90 Å². The molecule has 0 saturated carbocycles. The number of hydrogen-bond donors (Lipinski definition) is 6. The number of carboxylic acid groups (broad SMARTS) is 3. The van der Waals surface area contributed by atoms with Crippen LogP contribution in [0.2, 0.25) is 0 Å². The van der Waals surface area contributed by atoms with Gasteiger partial charge in [0.2, 0.25) is 17.7 Å². The second-order valence-electron chi connectivity index (χ2n) is 8.42. The van der Waals surface area contributed by atoms with Crippen molar-refractivity contribution >= 4 is 35.6 Å². The fourth-order valence-electron chi connectivity index (χ4n) is 3.58. The van der Waals surface area contributed by atoms with E-state index < -0.39 is 72.6 Å². The zero-order valence-electron chi connectivity index (χ0n) is 18.7. The van der Waals surface area contributed by atoms with Gasteiger partial charge in [0.25, 0.3) is 0 Å². The molecule has 1 saturated heterocycles. The first-order chi connectivity index (χ1) is 15.3. The molecule has 0 spiro atoms. The number of rotatable bonds is 13. The van der Waals surface area contributed by atoms with Gasteiger partial charge in [0.05, 0.1) is 12.5 Å². The lowest BCUT2D eigenvalue weighted by atomic mass is 10.0. The molecule has 0 bridgehead atoms. The van der Waals surface area contributed by atoms with E-state index in [9.17, 15) is 28.8 Å². The van der Waals surface area contributed by atoms with Crippen LogP contribution in [0.25, 0.3) is 0 Å². The topological polar surface area (TPSA) is 216 Å². The van der Waals surface area contributed by atoms with Crippen molar-refractivity contribution in [3.8, 4) is 0 Å². The molecular formula is C20H32N4O9. The summed E-state index contributed by atoms with van der Waals surface area (Å²) in [6.45, 7) is 4.11. The number of carboxylic acids is 3. The Balaban J connectivity index is 2.95. The van der Waals surface area contributed by atoms with Gasteiger partial charge in [-0.05, 0) is 31.6 Å². The second kappa shape index (κ2) is 12.7. The van der Waals surface area contributed by atoms with E-state index in [4.69, 9.17) is 21.1 Å². The van der Waals surface area contributed by atoms with Crippen molar-refractivity contribution in [2.75, 3.05) is 6.54 Å². The molecule has 1 heterocycles. The highest BCUT2D eigenvalue weighted by Gasteiger charge is 2.38. The van der Waals surface area contributed by atoms with Crippen molar-refractivity contribution in [2.45, 2.75) is 76.5 Å². The van der Waals surface area contributed by atoms with E-state index in [0.29, 0.717) is 25.8 Å². The third kappa shape index (κ3) is 9.04. The average Bonchev–Trinajstić information content (AvgIpc) is 3.18. The van der Waals surface area contributed by atoms with E-state index >= 15 is 0 Å². The molecule has 1 aliphatic rings. The van der Waals surface area contributed by atoms with E-state index in [-0.39, 0.29) is 12.3 Å². The number of hydrogen-bond acceptors (Lipinski definition) is 7. The Kier molecular flexibility index (Phi) is 10.7. The second-order valence-corrected chi connectivity index (χ2v) is 8.42. The summed E-state index contributed by atoms with van der Waals surface area (Å²) in [5.41, 5.74) is 5.96. The minimum Gasteiger partial charge on any atom is -0.481 e. The average molecular weight is 472 g/mol. The molecule has 13 heteroatoms. The molecule has 186 valence electrons. The Hall–Kier alpha value is -3.22. The van der Waals surface area contributed by atoms with Crippen LogP contribution in [0, 0.1) is 5.92 Å². The van der Waals surface area contributed by atoms with Gasteiger partial charge in [0.15, 0.2) is 0 Å². The van der Waals surface area contributed by atoms with Crippen molar-refractivity contribution in [1.82, 2.24) is 15.5 Å². The smallest absolute Gasteiger partial charge is 0.326 e. The maximum atomic E-state index is 12.9. The third-order valence-electron chi connectivity index (χ3n) is 5.15. The highest BCUT2D eigenvalue weighted by molar-refractivity contribution is 5.95. The molecule has 0 aliphatic carbocycles. The zero-order valence-corrected chi connectivity index (χ0v) is 18.7. The fraction of sp³-hybridized carbons (Fsp3) is 0.700. The van der Waals surface area contributed by atoms with E-state index in [0.717, 1.165) is 0 Å². The first-order valence-electron chi connectivity index (χ1n) is 10.7. The molecule has 0 radical (unpaired) electrons. The van der Waals surface area contributed by atoms with Gasteiger partial charge in [0, 0.05) is 13.0 Å². The van der Waals surface area contributed by atoms with Crippen LogP contribution in [0.3, 0.4) is 0 Å². The first-order valence-corrected chi connectivity index (χ1v) is 10.7. The summed E-state index contributed by atoms with van der Waals surface area (Å²) in [6, 6.07) is -4.91. The SMILES string of the molecule is CC(C)CC(N)C(=O)N1CCCC1C(=O)NC(CCC(=O)O)C(=O)NC(CC(=O)O)C(=O)O. The quantitative estimate of drug-likeness (QED) is 0.187. The third-order valence-corrected chi connectivity index (χ3v) is 5.15. The van der Waals surface area contributed by atoms with Crippen molar-refractivity contribution in [2.24, 2.45) is 11.7 Å². The number of aliphatic carboxylic acids is 3. The van der Waals surface area contributed by atoms with Crippen LogP contribution < -0.4 is 16.4 Å². The summed E-state index contributed by atoms with van der Waals surface area (Å²) in [6.07, 6.45) is -0.506. The van der Waals surface area contributed by atoms with Gasteiger partial charge in [-0.3, -0.25) is 24.0 Å². The lowest BCUT2D eigenvalue weighted by Crippen LogP contribution is -2.56. The molecule has 0 aromatic rings. The van der Waals surface area contributed by atoms with Crippen LogP contribution in [0.1, 0.15) is 52.4 Å². The Bertz CT molecular complexity index is 771. The van der Waals surface area contributed by atoms with Gasteiger partial charge in [-0.1, -0.05) is 13.8 Å². The van der Waals surface area contributed by atoms with E-state index in [1.807, 2.05) is 19.2 Å². The van der Waals surface area contributed by atoms with Gasteiger partial charge >= 0.3 is 17.9 Å². The van der Waals surface area contributed by atoms with Gasteiger partial charge in [-0.2, -0.15) is 0 Å². The van der Waals surface area contributed by atoms with Crippen LogP contribution in [0.15, 0.2) is 0 Å². The predicted octanol–water partition coefficient (Wildman–Crippen LogP) is -1.26. The number of nitrogens with zero attached hydrogens (tertiary/aromatic N) is 1. The number of carbonyl (C=O) groups excluding carboxylic acids is 3. The van der Waals surface area contributed by atoms with Gasteiger partial charge in [0.1, 0.15) is 18.1 Å². The Labute approximate surface area is 190 Å². The highest BCUT2D eigenvalue weighted by atomic mass is 16.4. The minimum atomic E-state index is -1.77. The fourth-order valence-corrected chi connectivity index (χ4v) is 3.58. The van der Waals surface area contributed by atoms with E-state index in [1.54, 1.807) is 0 Å². The Morgan fingerprint density at radius 2 is 1.64 bits per heavy atom. The molecule has 3 amide bonds. The van der Waals surface area contributed by atoms with Crippen molar-refractivity contribution < 1.29 is 44.1 Å². The highest BCUT2D eigenvalue weighted by Crippen LogP contribution is 2.20. The Morgan fingerprint density at radius 3 is 2.15 bits per heavy atom. The molecule has 4 atom stereocenters. The monoisotopic (exact) mass is 472 g/mol. The number of nitrogens with one attached hydrogen (secondary N) is 2. The standard InChI is InChI=1S/C20H32N4O9/c1-10(2)8-11(21)19(31)24-7-3-4-14(24)18(30)22-12(5-6-15(25)26)17(29)23-13(20(32)33)9-16(27)28/h10-14H,3-9,21H2,1-2H3,(H,22,30)(H,23,29)(H,25,26)(H,27,28)(H,32,33). The molecule has 0 aromatic heterocycles. The number of amides is 3. The summed E-state index contributed by atoms with van der Waals surface area (Å²) < 4.78 is 0. The molecule has 7 N–H and O–H groups in total. The lowest BCUT2D eigenvalue weighted by Gasteiger charge is -2.29. The van der Waals surface area contributed by atoms with Crippen LogP contribution in [-0.4, -0.2) is 86.6 Å². The first kappa shape index (κ1) is 27.8. The largest absolute Gasteiger partial charge is 0.481 e. The molecular weight excluding hydrogens is 440 g/mol. The summed E-state index contributed by atoms with van der Waals surface area (Å²) in [7, 11) is 0. The van der Waals surface area contributed by atoms with Crippen molar-refractivity contribution in [3.63, 3.8) is 0 Å².